The van der Waals surface area contributed by atoms with Crippen molar-refractivity contribution < 1.29 is 19.0 Å². The summed E-state index contributed by atoms with van der Waals surface area (Å²) in [7, 11) is 0. The number of benzene rings is 1. The van der Waals surface area contributed by atoms with Crippen LogP contribution in [0.5, 0.6) is 5.75 Å². The number of hydrogen-bond donors (Lipinski definition) is 2. The average Bonchev–Trinajstić information content (AvgIpc) is 2.54. The van der Waals surface area contributed by atoms with Crippen molar-refractivity contribution in [3.05, 3.63) is 23.2 Å². The van der Waals surface area contributed by atoms with E-state index < -0.39 is 6.10 Å². The number of ether oxygens (including phenoxy) is 3. The van der Waals surface area contributed by atoms with E-state index in [9.17, 15) is 4.79 Å². The van der Waals surface area contributed by atoms with E-state index in [0.29, 0.717) is 49.4 Å². The van der Waals surface area contributed by atoms with Crippen LogP contribution in [-0.2, 0) is 14.3 Å². The van der Waals surface area contributed by atoms with Crippen LogP contribution in [0.4, 0.5) is 5.69 Å². The maximum atomic E-state index is 12.2. The van der Waals surface area contributed by atoms with Crippen LogP contribution in [0, 0.1) is 0 Å². The molecule has 0 saturated carbocycles. The number of rotatable bonds is 7. The van der Waals surface area contributed by atoms with Gasteiger partial charge in [-0.3, -0.25) is 4.79 Å². The van der Waals surface area contributed by atoms with Crippen molar-refractivity contribution in [2.45, 2.75) is 13.0 Å². The Bertz CT molecular complexity index is 496. The second kappa shape index (κ2) is 10.7. The summed E-state index contributed by atoms with van der Waals surface area (Å²) in [5, 5.41) is 6.45. The lowest BCUT2D eigenvalue weighted by atomic mass is 10.2. The Labute approximate surface area is 147 Å². The summed E-state index contributed by atoms with van der Waals surface area (Å²) in [6.07, 6.45) is -0.510. The molecule has 0 aromatic heterocycles. The molecule has 0 bridgehead atoms. The minimum Gasteiger partial charge on any atom is -0.489 e. The molecular weight excluding hydrogens is 343 g/mol. The van der Waals surface area contributed by atoms with Gasteiger partial charge in [-0.1, -0.05) is 11.6 Å². The van der Waals surface area contributed by atoms with E-state index >= 15 is 0 Å². The fourth-order valence-electron chi connectivity index (χ4n) is 2.03. The van der Waals surface area contributed by atoms with Gasteiger partial charge in [0.05, 0.1) is 18.9 Å². The number of hydrogen-bond acceptors (Lipinski definition) is 5. The van der Waals surface area contributed by atoms with Crippen molar-refractivity contribution >= 4 is 35.6 Å². The summed E-state index contributed by atoms with van der Waals surface area (Å²) >= 11 is 5.99. The Hall–Kier alpha value is -1.05. The lowest BCUT2D eigenvalue weighted by Gasteiger charge is -2.23. The molecule has 23 heavy (non-hydrogen) atoms. The topological polar surface area (TPSA) is 68.8 Å². The van der Waals surface area contributed by atoms with Gasteiger partial charge in [0.2, 0.25) is 0 Å². The molecule has 1 aromatic carbocycles. The van der Waals surface area contributed by atoms with Crippen LogP contribution < -0.4 is 15.4 Å². The zero-order valence-corrected chi connectivity index (χ0v) is 14.5. The first-order chi connectivity index (χ1) is 10.7. The highest BCUT2D eigenvalue weighted by Gasteiger charge is 2.22. The van der Waals surface area contributed by atoms with Gasteiger partial charge in [-0.25, -0.2) is 0 Å². The van der Waals surface area contributed by atoms with E-state index in [2.05, 4.69) is 10.6 Å². The summed E-state index contributed by atoms with van der Waals surface area (Å²) < 4.78 is 16.3. The summed E-state index contributed by atoms with van der Waals surface area (Å²) in [6.45, 7) is 5.22. The molecule has 1 heterocycles. The van der Waals surface area contributed by atoms with Crippen molar-refractivity contribution in [1.82, 2.24) is 5.32 Å². The van der Waals surface area contributed by atoms with Gasteiger partial charge in [0.15, 0.2) is 0 Å². The summed E-state index contributed by atoms with van der Waals surface area (Å²) in [4.78, 5) is 12.2. The number of halogens is 2. The van der Waals surface area contributed by atoms with E-state index in [-0.39, 0.29) is 18.3 Å². The SMILES string of the molecule is CCOCCOc1ccc(Cl)cc1NC(=O)C1CNCCO1.Cl. The standard InChI is InChI=1S/C15H21ClN2O4.ClH/c1-2-20-7-8-22-13-4-3-11(16)9-12(13)18-15(19)14-10-17-5-6-21-14;/h3-4,9,14,17H,2,5-8,10H2,1H3,(H,18,19);1H. The Morgan fingerprint density at radius 1 is 1.48 bits per heavy atom. The molecular formula is C15H22Cl2N2O4. The Balaban J connectivity index is 0.00000264. The third kappa shape index (κ3) is 6.53. The molecule has 0 aliphatic carbocycles. The number of carbonyl (C=O) groups is 1. The van der Waals surface area contributed by atoms with E-state index in [1.54, 1.807) is 18.2 Å². The number of morpholine rings is 1. The highest BCUT2D eigenvalue weighted by atomic mass is 35.5. The first-order valence-electron chi connectivity index (χ1n) is 7.34. The molecule has 0 spiro atoms. The fraction of sp³-hybridized carbons (Fsp3) is 0.533. The number of anilines is 1. The molecule has 130 valence electrons. The zero-order valence-electron chi connectivity index (χ0n) is 13.0. The quantitative estimate of drug-likeness (QED) is 0.725. The highest BCUT2D eigenvalue weighted by molar-refractivity contribution is 6.31. The molecule has 6 nitrogen and oxygen atoms in total. The molecule has 1 amide bonds. The predicted molar refractivity (Wildman–Crippen MR) is 91.9 cm³/mol. The van der Waals surface area contributed by atoms with Crippen LogP contribution in [0.25, 0.3) is 0 Å². The Morgan fingerprint density at radius 2 is 2.30 bits per heavy atom. The summed E-state index contributed by atoms with van der Waals surface area (Å²) in [5.41, 5.74) is 0.531. The number of carbonyl (C=O) groups excluding carboxylic acids is 1. The molecule has 2 rings (SSSR count). The second-order valence-corrected chi connectivity index (χ2v) is 5.18. The fourth-order valence-corrected chi connectivity index (χ4v) is 2.20. The van der Waals surface area contributed by atoms with Gasteiger partial charge >= 0.3 is 0 Å². The van der Waals surface area contributed by atoms with Crippen LogP contribution in [0.1, 0.15) is 6.92 Å². The van der Waals surface area contributed by atoms with Crippen LogP contribution in [0.15, 0.2) is 18.2 Å². The Kier molecular flexibility index (Phi) is 9.28. The van der Waals surface area contributed by atoms with Crippen LogP contribution >= 0.6 is 24.0 Å². The average molecular weight is 365 g/mol. The van der Waals surface area contributed by atoms with Gasteiger partial charge in [0, 0.05) is 24.7 Å². The molecule has 8 heteroatoms. The van der Waals surface area contributed by atoms with E-state index in [4.69, 9.17) is 25.8 Å². The maximum Gasteiger partial charge on any atom is 0.254 e. The largest absolute Gasteiger partial charge is 0.489 e. The number of nitrogens with one attached hydrogen (secondary N) is 2. The predicted octanol–water partition coefficient (Wildman–Crippen LogP) is 2.10. The molecule has 1 fully saturated rings. The molecule has 0 radical (unpaired) electrons. The van der Waals surface area contributed by atoms with Gasteiger partial charge in [0.25, 0.3) is 5.91 Å². The minimum absolute atomic E-state index is 0. The molecule has 1 aromatic rings. The van der Waals surface area contributed by atoms with Gasteiger partial charge in [-0.05, 0) is 25.1 Å². The summed E-state index contributed by atoms with van der Waals surface area (Å²) in [6, 6.07) is 5.10. The molecule has 1 unspecified atom stereocenters. The van der Waals surface area contributed by atoms with Crippen LogP contribution in [0.3, 0.4) is 0 Å². The number of amides is 1. The molecule has 1 atom stereocenters. The molecule has 2 N–H and O–H groups in total. The van der Waals surface area contributed by atoms with E-state index in [1.807, 2.05) is 6.92 Å². The molecule has 1 saturated heterocycles. The highest BCUT2D eigenvalue weighted by Crippen LogP contribution is 2.28. The van der Waals surface area contributed by atoms with Crippen LogP contribution in [-0.4, -0.2) is 51.5 Å². The van der Waals surface area contributed by atoms with Crippen molar-refractivity contribution in [2.75, 3.05) is 44.8 Å². The van der Waals surface area contributed by atoms with Gasteiger partial charge in [-0.15, -0.1) is 12.4 Å². The lowest BCUT2D eigenvalue weighted by molar-refractivity contribution is -0.128. The first kappa shape index (κ1) is 20.0. The van der Waals surface area contributed by atoms with Gasteiger partial charge < -0.3 is 24.8 Å². The van der Waals surface area contributed by atoms with Crippen LogP contribution in [0.2, 0.25) is 5.02 Å². The zero-order chi connectivity index (χ0) is 15.8. The smallest absolute Gasteiger partial charge is 0.254 e. The van der Waals surface area contributed by atoms with Crippen molar-refractivity contribution in [1.29, 1.82) is 0 Å². The van der Waals surface area contributed by atoms with E-state index in [0.717, 1.165) is 6.54 Å². The molecule has 1 aliphatic heterocycles. The van der Waals surface area contributed by atoms with E-state index in [1.165, 1.54) is 0 Å². The van der Waals surface area contributed by atoms with Crippen molar-refractivity contribution in [2.24, 2.45) is 0 Å². The first-order valence-corrected chi connectivity index (χ1v) is 7.71. The monoisotopic (exact) mass is 364 g/mol. The molecule has 1 aliphatic rings. The van der Waals surface area contributed by atoms with Crippen molar-refractivity contribution in [3.8, 4) is 5.75 Å². The normalized spacial score (nSPS) is 17.2. The third-order valence-corrected chi connectivity index (χ3v) is 3.34. The third-order valence-electron chi connectivity index (χ3n) is 3.11. The Morgan fingerprint density at radius 3 is 3.00 bits per heavy atom. The van der Waals surface area contributed by atoms with Gasteiger partial charge in [0.1, 0.15) is 18.5 Å². The van der Waals surface area contributed by atoms with Crippen molar-refractivity contribution in [3.63, 3.8) is 0 Å². The second-order valence-electron chi connectivity index (χ2n) is 4.74. The summed E-state index contributed by atoms with van der Waals surface area (Å²) in [5.74, 6) is 0.338. The van der Waals surface area contributed by atoms with Gasteiger partial charge in [-0.2, -0.15) is 0 Å². The lowest BCUT2D eigenvalue weighted by Crippen LogP contribution is -2.45. The maximum absolute atomic E-state index is 12.2. The minimum atomic E-state index is -0.510.